The van der Waals surface area contributed by atoms with Crippen molar-refractivity contribution in [3.63, 3.8) is 0 Å². The van der Waals surface area contributed by atoms with Gasteiger partial charge in [0.25, 0.3) is 0 Å². The second kappa shape index (κ2) is 6.46. The molecule has 3 heterocycles. The van der Waals surface area contributed by atoms with Gasteiger partial charge < -0.3 is 4.90 Å². The van der Waals surface area contributed by atoms with Gasteiger partial charge >= 0.3 is 0 Å². The Kier molecular flexibility index (Phi) is 4.41. The van der Waals surface area contributed by atoms with Gasteiger partial charge in [0.1, 0.15) is 0 Å². The van der Waals surface area contributed by atoms with E-state index in [4.69, 9.17) is 0 Å². The summed E-state index contributed by atoms with van der Waals surface area (Å²) in [5.41, 5.74) is 3.70. The zero-order valence-corrected chi connectivity index (χ0v) is 13.7. The highest BCUT2D eigenvalue weighted by Gasteiger charge is 2.25. The molecule has 118 valence electrons. The summed E-state index contributed by atoms with van der Waals surface area (Å²) >= 11 is 0. The third kappa shape index (κ3) is 2.98. The average molecular weight is 299 g/mol. The number of rotatable bonds is 4. The molecule has 1 atom stereocenters. The maximum Gasteiger partial charge on any atom is 0.151 e. The predicted molar refractivity (Wildman–Crippen MR) is 88.3 cm³/mol. The second-order valence-electron chi connectivity index (χ2n) is 6.42. The van der Waals surface area contributed by atoms with Crippen molar-refractivity contribution in [1.29, 1.82) is 0 Å². The van der Waals surface area contributed by atoms with Crippen LogP contribution in [0.3, 0.4) is 0 Å². The minimum Gasteiger partial charge on any atom is -0.354 e. The zero-order valence-electron chi connectivity index (χ0n) is 13.7. The highest BCUT2D eigenvalue weighted by Crippen LogP contribution is 2.30. The molecule has 2 aromatic rings. The predicted octanol–water partition coefficient (Wildman–Crippen LogP) is 3.27. The molecule has 0 aromatic carbocycles. The van der Waals surface area contributed by atoms with E-state index in [2.05, 4.69) is 58.2 Å². The molecule has 1 aliphatic heterocycles. The number of hydrogen-bond acceptors (Lipinski definition) is 4. The monoisotopic (exact) mass is 299 g/mol. The normalized spacial score (nSPS) is 18.9. The number of H-pyrrole nitrogens is 1. The van der Waals surface area contributed by atoms with E-state index in [9.17, 15) is 0 Å². The number of aryl methyl sites for hydroxylation is 1. The summed E-state index contributed by atoms with van der Waals surface area (Å²) in [6.45, 7) is 8.52. The van der Waals surface area contributed by atoms with Crippen molar-refractivity contribution in [3.05, 3.63) is 35.3 Å². The number of piperidine rings is 1. The maximum atomic E-state index is 4.43. The molecule has 0 bridgehead atoms. The molecule has 3 rings (SSSR count). The SMILES string of the molecule is CCc1cn[nH]c1[C@H]1CCCN(c2ccc(C(C)C)nn2)C1. The van der Waals surface area contributed by atoms with Crippen LogP contribution in [0.25, 0.3) is 0 Å². The van der Waals surface area contributed by atoms with Crippen LogP contribution < -0.4 is 4.90 Å². The second-order valence-corrected chi connectivity index (χ2v) is 6.42. The molecule has 1 fully saturated rings. The number of nitrogens with zero attached hydrogens (tertiary/aromatic N) is 4. The van der Waals surface area contributed by atoms with Gasteiger partial charge in [-0.3, -0.25) is 5.10 Å². The lowest BCUT2D eigenvalue weighted by molar-refractivity contribution is 0.494. The van der Waals surface area contributed by atoms with Gasteiger partial charge in [-0.1, -0.05) is 20.8 Å². The van der Waals surface area contributed by atoms with Crippen LogP contribution in [0, 0.1) is 0 Å². The number of aromatic amines is 1. The fourth-order valence-corrected chi connectivity index (χ4v) is 3.19. The minimum atomic E-state index is 0.424. The smallest absolute Gasteiger partial charge is 0.151 e. The van der Waals surface area contributed by atoms with Crippen molar-refractivity contribution < 1.29 is 0 Å². The van der Waals surface area contributed by atoms with Crippen LogP contribution in [0.4, 0.5) is 5.82 Å². The number of nitrogens with one attached hydrogen (secondary N) is 1. The molecule has 0 aliphatic carbocycles. The Balaban J connectivity index is 1.75. The molecule has 2 aromatic heterocycles. The van der Waals surface area contributed by atoms with Crippen LogP contribution in [0.5, 0.6) is 0 Å². The van der Waals surface area contributed by atoms with E-state index in [0.717, 1.165) is 31.0 Å². The van der Waals surface area contributed by atoms with Crippen LogP contribution >= 0.6 is 0 Å². The molecule has 5 heteroatoms. The van der Waals surface area contributed by atoms with Crippen molar-refractivity contribution in [2.75, 3.05) is 18.0 Å². The standard InChI is InChI=1S/C17H25N5/c1-4-13-10-18-21-17(13)14-6-5-9-22(11-14)16-8-7-15(12(2)3)19-20-16/h7-8,10,12,14H,4-6,9,11H2,1-3H3,(H,18,21)/t14-/m0/s1. The van der Waals surface area contributed by atoms with E-state index in [1.54, 1.807) is 0 Å². The highest BCUT2D eigenvalue weighted by atomic mass is 15.3. The number of aromatic nitrogens is 4. The van der Waals surface area contributed by atoms with Crippen molar-refractivity contribution in [1.82, 2.24) is 20.4 Å². The van der Waals surface area contributed by atoms with Crippen LogP contribution in [0.15, 0.2) is 18.3 Å². The van der Waals surface area contributed by atoms with Gasteiger partial charge in [-0.2, -0.15) is 10.2 Å². The van der Waals surface area contributed by atoms with Crippen molar-refractivity contribution in [2.45, 2.75) is 51.9 Å². The molecule has 1 saturated heterocycles. The molecule has 1 N–H and O–H groups in total. The van der Waals surface area contributed by atoms with E-state index < -0.39 is 0 Å². The summed E-state index contributed by atoms with van der Waals surface area (Å²) in [6.07, 6.45) is 5.39. The Hall–Kier alpha value is -1.91. The Morgan fingerprint density at radius 3 is 2.86 bits per heavy atom. The van der Waals surface area contributed by atoms with Gasteiger partial charge in [0.05, 0.1) is 11.9 Å². The Morgan fingerprint density at radius 2 is 2.18 bits per heavy atom. The molecule has 5 nitrogen and oxygen atoms in total. The molecule has 0 amide bonds. The molecule has 0 spiro atoms. The first-order chi connectivity index (χ1) is 10.7. The largest absolute Gasteiger partial charge is 0.354 e. The Morgan fingerprint density at radius 1 is 1.32 bits per heavy atom. The Labute approximate surface area is 132 Å². The lowest BCUT2D eigenvalue weighted by atomic mass is 9.92. The molecule has 0 radical (unpaired) electrons. The van der Waals surface area contributed by atoms with Gasteiger partial charge in [0.15, 0.2) is 5.82 Å². The molecule has 0 unspecified atom stereocenters. The lowest BCUT2D eigenvalue weighted by Crippen LogP contribution is -2.35. The van der Waals surface area contributed by atoms with E-state index in [1.807, 2.05) is 6.20 Å². The molecular formula is C17H25N5. The molecule has 1 aliphatic rings. The summed E-state index contributed by atoms with van der Waals surface area (Å²) in [5.74, 6) is 1.93. The van der Waals surface area contributed by atoms with Gasteiger partial charge in [-0.05, 0) is 42.9 Å². The van der Waals surface area contributed by atoms with Gasteiger partial charge in [0.2, 0.25) is 0 Å². The van der Waals surface area contributed by atoms with Crippen LogP contribution in [0.2, 0.25) is 0 Å². The number of hydrogen-bond donors (Lipinski definition) is 1. The van der Waals surface area contributed by atoms with E-state index in [-0.39, 0.29) is 0 Å². The van der Waals surface area contributed by atoms with E-state index in [0.29, 0.717) is 11.8 Å². The van der Waals surface area contributed by atoms with Crippen LogP contribution in [-0.2, 0) is 6.42 Å². The third-order valence-corrected chi connectivity index (χ3v) is 4.55. The Bertz CT molecular complexity index is 602. The fourth-order valence-electron chi connectivity index (χ4n) is 3.19. The third-order valence-electron chi connectivity index (χ3n) is 4.55. The summed E-state index contributed by atoms with van der Waals surface area (Å²) in [5, 5.41) is 16.2. The van der Waals surface area contributed by atoms with E-state index in [1.165, 1.54) is 24.1 Å². The lowest BCUT2D eigenvalue weighted by Gasteiger charge is -2.33. The topological polar surface area (TPSA) is 57.7 Å². The van der Waals surface area contributed by atoms with Crippen molar-refractivity contribution >= 4 is 5.82 Å². The van der Waals surface area contributed by atoms with E-state index >= 15 is 0 Å². The fraction of sp³-hybridized carbons (Fsp3) is 0.588. The first kappa shape index (κ1) is 15.0. The quantitative estimate of drug-likeness (QED) is 0.941. The summed E-state index contributed by atoms with van der Waals surface area (Å²) in [4.78, 5) is 2.35. The van der Waals surface area contributed by atoms with Crippen molar-refractivity contribution in [3.8, 4) is 0 Å². The van der Waals surface area contributed by atoms with Crippen LogP contribution in [-0.4, -0.2) is 33.5 Å². The molecular weight excluding hydrogens is 274 g/mol. The van der Waals surface area contributed by atoms with Gasteiger partial charge in [-0.15, -0.1) is 5.10 Å². The molecule has 22 heavy (non-hydrogen) atoms. The number of anilines is 1. The zero-order chi connectivity index (χ0) is 15.5. The summed E-state index contributed by atoms with van der Waals surface area (Å²) in [7, 11) is 0. The average Bonchev–Trinajstić information content (AvgIpc) is 3.04. The first-order valence-corrected chi connectivity index (χ1v) is 8.29. The minimum absolute atomic E-state index is 0.424. The first-order valence-electron chi connectivity index (χ1n) is 8.29. The summed E-state index contributed by atoms with van der Waals surface area (Å²) in [6, 6.07) is 4.21. The molecule has 0 saturated carbocycles. The van der Waals surface area contributed by atoms with Crippen molar-refractivity contribution in [2.24, 2.45) is 0 Å². The van der Waals surface area contributed by atoms with Gasteiger partial charge in [0, 0.05) is 24.7 Å². The van der Waals surface area contributed by atoms with Crippen LogP contribution in [0.1, 0.15) is 62.4 Å². The maximum absolute atomic E-state index is 4.43. The highest BCUT2D eigenvalue weighted by molar-refractivity contribution is 5.39. The summed E-state index contributed by atoms with van der Waals surface area (Å²) < 4.78 is 0. The van der Waals surface area contributed by atoms with Gasteiger partial charge in [-0.25, -0.2) is 0 Å².